The highest BCUT2D eigenvalue weighted by Gasteiger charge is 2.22. The topological polar surface area (TPSA) is 65.4 Å². The number of aliphatic hydroxyl groups excluding tert-OH is 1. The van der Waals surface area contributed by atoms with Crippen LogP contribution in [0.3, 0.4) is 0 Å². The lowest BCUT2D eigenvalue weighted by Crippen LogP contribution is -2.49. The predicted octanol–water partition coefficient (Wildman–Crippen LogP) is 3.26. The number of anilines is 1. The number of hydrogen-bond acceptors (Lipinski definition) is 6. The standard InChI is InChI=1S/C24H34N2O4/c1-24(2,3)20-15-19(9-10-22(20)28)30-17-18(27)16-25-11-13-26(14-12-25)21-7-5-6-8-23(21)29-4/h5-10,15,18,27-28H,11-14,16-17H2,1-4H3. The summed E-state index contributed by atoms with van der Waals surface area (Å²) in [5, 5.41) is 20.5. The first-order chi connectivity index (χ1) is 14.3. The minimum Gasteiger partial charge on any atom is -0.508 e. The summed E-state index contributed by atoms with van der Waals surface area (Å²) in [4.78, 5) is 4.58. The lowest BCUT2D eigenvalue weighted by atomic mass is 9.86. The van der Waals surface area contributed by atoms with E-state index in [9.17, 15) is 10.2 Å². The van der Waals surface area contributed by atoms with Crippen molar-refractivity contribution >= 4 is 5.69 Å². The Morgan fingerprint density at radius 2 is 1.73 bits per heavy atom. The third-order valence-electron chi connectivity index (χ3n) is 5.49. The maximum Gasteiger partial charge on any atom is 0.142 e. The predicted molar refractivity (Wildman–Crippen MR) is 120 cm³/mol. The molecule has 0 saturated carbocycles. The Labute approximate surface area is 179 Å². The summed E-state index contributed by atoms with van der Waals surface area (Å²) < 4.78 is 11.3. The van der Waals surface area contributed by atoms with Crippen molar-refractivity contribution in [1.29, 1.82) is 0 Å². The smallest absolute Gasteiger partial charge is 0.142 e. The number of methoxy groups -OCH3 is 1. The molecule has 1 aliphatic heterocycles. The van der Waals surface area contributed by atoms with Gasteiger partial charge in [0.05, 0.1) is 12.8 Å². The molecule has 1 heterocycles. The number of rotatable bonds is 7. The number of phenols is 1. The van der Waals surface area contributed by atoms with Crippen LogP contribution in [0.25, 0.3) is 0 Å². The van der Waals surface area contributed by atoms with E-state index in [0.717, 1.165) is 43.2 Å². The average Bonchev–Trinajstić information content (AvgIpc) is 2.73. The van der Waals surface area contributed by atoms with E-state index >= 15 is 0 Å². The Balaban J connectivity index is 1.48. The fraction of sp³-hybridized carbons (Fsp3) is 0.500. The third kappa shape index (κ3) is 5.58. The van der Waals surface area contributed by atoms with Gasteiger partial charge in [0, 0.05) is 38.3 Å². The van der Waals surface area contributed by atoms with Gasteiger partial charge in [0.25, 0.3) is 0 Å². The molecule has 1 unspecified atom stereocenters. The molecular weight excluding hydrogens is 380 g/mol. The van der Waals surface area contributed by atoms with E-state index in [0.29, 0.717) is 12.3 Å². The van der Waals surface area contributed by atoms with Crippen molar-refractivity contribution in [1.82, 2.24) is 4.90 Å². The van der Waals surface area contributed by atoms with Gasteiger partial charge in [-0.3, -0.25) is 4.90 Å². The number of hydrogen-bond donors (Lipinski definition) is 2. The number of para-hydroxylation sites is 2. The molecule has 0 bridgehead atoms. The first-order valence-corrected chi connectivity index (χ1v) is 10.5. The van der Waals surface area contributed by atoms with E-state index in [1.165, 1.54) is 0 Å². The first-order valence-electron chi connectivity index (χ1n) is 10.5. The summed E-state index contributed by atoms with van der Waals surface area (Å²) in [5.74, 6) is 1.82. The SMILES string of the molecule is COc1ccccc1N1CCN(CC(O)COc2ccc(O)c(C(C)(C)C)c2)CC1. The summed E-state index contributed by atoms with van der Waals surface area (Å²) in [6.07, 6.45) is -0.574. The molecule has 1 aliphatic rings. The van der Waals surface area contributed by atoms with Crippen LogP contribution in [-0.2, 0) is 5.41 Å². The molecule has 0 aliphatic carbocycles. The summed E-state index contributed by atoms with van der Waals surface area (Å²) in [6.45, 7) is 10.5. The maximum absolute atomic E-state index is 10.5. The molecule has 1 atom stereocenters. The van der Waals surface area contributed by atoms with Gasteiger partial charge in [0.2, 0.25) is 0 Å². The van der Waals surface area contributed by atoms with Crippen LogP contribution in [0.1, 0.15) is 26.3 Å². The zero-order chi connectivity index (χ0) is 21.7. The van der Waals surface area contributed by atoms with Crippen molar-refractivity contribution in [2.24, 2.45) is 0 Å². The van der Waals surface area contributed by atoms with Gasteiger partial charge in [-0.05, 0) is 35.7 Å². The van der Waals surface area contributed by atoms with Crippen LogP contribution in [0.2, 0.25) is 0 Å². The molecule has 3 rings (SSSR count). The molecule has 6 nitrogen and oxygen atoms in total. The molecule has 1 fully saturated rings. The van der Waals surface area contributed by atoms with E-state index in [2.05, 4.69) is 15.9 Å². The Kier molecular flexibility index (Phi) is 7.10. The monoisotopic (exact) mass is 414 g/mol. The highest BCUT2D eigenvalue weighted by molar-refractivity contribution is 5.58. The van der Waals surface area contributed by atoms with Gasteiger partial charge in [0.15, 0.2) is 0 Å². The Hall–Kier alpha value is -2.44. The summed E-state index contributed by atoms with van der Waals surface area (Å²) in [7, 11) is 1.70. The van der Waals surface area contributed by atoms with Crippen molar-refractivity contribution < 1.29 is 19.7 Å². The van der Waals surface area contributed by atoms with Gasteiger partial charge in [-0.2, -0.15) is 0 Å². The normalized spacial score (nSPS) is 16.4. The van der Waals surface area contributed by atoms with Crippen molar-refractivity contribution in [3.8, 4) is 17.2 Å². The van der Waals surface area contributed by atoms with Crippen molar-refractivity contribution in [3.63, 3.8) is 0 Å². The lowest BCUT2D eigenvalue weighted by Gasteiger charge is -2.37. The number of phenolic OH excluding ortho intramolecular Hbond substituents is 1. The molecule has 6 heteroatoms. The second kappa shape index (κ2) is 9.58. The Bertz CT molecular complexity index is 826. The Morgan fingerprint density at radius 3 is 2.40 bits per heavy atom. The molecule has 0 radical (unpaired) electrons. The number of ether oxygens (including phenoxy) is 2. The maximum atomic E-state index is 10.5. The molecule has 0 aromatic heterocycles. The third-order valence-corrected chi connectivity index (χ3v) is 5.49. The molecule has 30 heavy (non-hydrogen) atoms. The summed E-state index contributed by atoms with van der Waals surface area (Å²) >= 11 is 0. The van der Waals surface area contributed by atoms with E-state index in [-0.39, 0.29) is 17.8 Å². The number of β-amino-alcohol motifs (C(OH)–C–C–N with tert-alkyl or cyclic N) is 1. The summed E-state index contributed by atoms with van der Waals surface area (Å²) in [5.41, 5.74) is 1.77. The zero-order valence-electron chi connectivity index (χ0n) is 18.5. The van der Waals surface area contributed by atoms with Gasteiger partial charge in [-0.1, -0.05) is 32.9 Å². The van der Waals surface area contributed by atoms with E-state index in [4.69, 9.17) is 9.47 Å². The fourth-order valence-electron chi connectivity index (χ4n) is 3.81. The minimum absolute atomic E-state index is 0.177. The summed E-state index contributed by atoms with van der Waals surface area (Å²) in [6, 6.07) is 13.3. The second-order valence-corrected chi connectivity index (χ2v) is 8.85. The van der Waals surface area contributed by atoms with Crippen molar-refractivity contribution in [2.75, 3.05) is 51.3 Å². The number of aromatic hydroxyl groups is 1. The van der Waals surface area contributed by atoms with E-state index in [1.54, 1.807) is 19.2 Å². The number of nitrogens with zero attached hydrogens (tertiary/aromatic N) is 2. The lowest BCUT2D eigenvalue weighted by molar-refractivity contribution is 0.0662. The highest BCUT2D eigenvalue weighted by atomic mass is 16.5. The van der Waals surface area contributed by atoms with Gasteiger partial charge >= 0.3 is 0 Å². The molecule has 0 spiro atoms. The fourth-order valence-corrected chi connectivity index (χ4v) is 3.81. The molecule has 2 N–H and O–H groups in total. The minimum atomic E-state index is -0.574. The Morgan fingerprint density at radius 1 is 1.03 bits per heavy atom. The molecular formula is C24H34N2O4. The van der Waals surface area contributed by atoms with Crippen LogP contribution in [0.4, 0.5) is 5.69 Å². The number of piperazine rings is 1. The average molecular weight is 415 g/mol. The first kappa shape index (κ1) is 22.2. The molecule has 1 saturated heterocycles. The van der Waals surface area contributed by atoms with Gasteiger partial charge in [-0.25, -0.2) is 0 Å². The number of benzene rings is 2. The van der Waals surface area contributed by atoms with Gasteiger partial charge in [0.1, 0.15) is 30.0 Å². The molecule has 2 aromatic rings. The van der Waals surface area contributed by atoms with E-state index < -0.39 is 6.10 Å². The van der Waals surface area contributed by atoms with Crippen molar-refractivity contribution in [3.05, 3.63) is 48.0 Å². The molecule has 2 aromatic carbocycles. The zero-order valence-corrected chi connectivity index (χ0v) is 18.5. The van der Waals surface area contributed by atoms with Crippen LogP contribution >= 0.6 is 0 Å². The van der Waals surface area contributed by atoms with Crippen molar-refractivity contribution in [2.45, 2.75) is 32.3 Å². The van der Waals surface area contributed by atoms with E-state index in [1.807, 2.05) is 45.0 Å². The van der Waals surface area contributed by atoms with Crippen LogP contribution in [0.5, 0.6) is 17.2 Å². The van der Waals surface area contributed by atoms with Crippen LogP contribution in [0, 0.1) is 0 Å². The van der Waals surface area contributed by atoms with Crippen LogP contribution in [-0.4, -0.2) is 67.7 Å². The molecule has 164 valence electrons. The largest absolute Gasteiger partial charge is 0.508 e. The van der Waals surface area contributed by atoms with Gasteiger partial charge in [-0.15, -0.1) is 0 Å². The van der Waals surface area contributed by atoms with Gasteiger partial charge < -0.3 is 24.6 Å². The number of aliphatic hydroxyl groups is 1. The molecule has 0 amide bonds. The second-order valence-electron chi connectivity index (χ2n) is 8.85. The van der Waals surface area contributed by atoms with Crippen LogP contribution in [0.15, 0.2) is 42.5 Å². The van der Waals surface area contributed by atoms with Crippen LogP contribution < -0.4 is 14.4 Å². The highest BCUT2D eigenvalue weighted by Crippen LogP contribution is 2.33. The quantitative estimate of drug-likeness (QED) is 0.725.